The quantitative estimate of drug-likeness (QED) is 0.643. The van der Waals surface area contributed by atoms with Crippen LogP contribution in [0.4, 0.5) is 13.2 Å². The average Bonchev–Trinajstić information content (AvgIpc) is 3.41. The lowest BCUT2D eigenvalue weighted by atomic mass is 9.99. The average molecular weight is 447 g/mol. The molecule has 0 saturated carbocycles. The fourth-order valence-corrected chi connectivity index (χ4v) is 4.03. The van der Waals surface area contributed by atoms with Crippen molar-refractivity contribution in [3.05, 3.63) is 47.3 Å². The zero-order chi connectivity index (χ0) is 22.7. The van der Waals surface area contributed by atoms with Crippen LogP contribution in [0.25, 0.3) is 11.3 Å². The zero-order valence-electron chi connectivity index (χ0n) is 17.3. The Morgan fingerprint density at radius 1 is 1.31 bits per heavy atom. The van der Waals surface area contributed by atoms with Crippen molar-refractivity contribution in [2.45, 2.75) is 44.6 Å². The summed E-state index contributed by atoms with van der Waals surface area (Å²) in [6.45, 7) is 4.45. The maximum Gasteiger partial charge on any atom is 0.416 e. The summed E-state index contributed by atoms with van der Waals surface area (Å²) in [5, 5.41) is 14.1. The number of amides is 1. The molecule has 3 aromatic rings. The first-order valence-corrected chi connectivity index (χ1v) is 10.0. The van der Waals surface area contributed by atoms with Gasteiger partial charge in [0.05, 0.1) is 29.4 Å². The molecule has 2 aliphatic rings. The van der Waals surface area contributed by atoms with Gasteiger partial charge in [0, 0.05) is 6.20 Å². The Hall–Kier alpha value is -3.50. The number of H-pyrrole nitrogens is 1. The third kappa shape index (κ3) is 3.57. The number of aromatic nitrogens is 4. The molecule has 1 amide bonds. The lowest BCUT2D eigenvalue weighted by Gasteiger charge is -2.26. The van der Waals surface area contributed by atoms with Gasteiger partial charge in [-0.15, -0.1) is 0 Å². The van der Waals surface area contributed by atoms with Crippen LogP contribution in [0, 0.1) is 0 Å². The van der Waals surface area contributed by atoms with Crippen molar-refractivity contribution in [3.63, 3.8) is 0 Å². The highest BCUT2D eigenvalue weighted by Gasteiger charge is 2.38. The van der Waals surface area contributed by atoms with Crippen molar-refractivity contribution < 1.29 is 27.4 Å². The van der Waals surface area contributed by atoms with E-state index in [4.69, 9.17) is 9.47 Å². The monoisotopic (exact) mass is 447 g/mol. The van der Waals surface area contributed by atoms with Crippen molar-refractivity contribution in [3.8, 4) is 22.9 Å². The van der Waals surface area contributed by atoms with Crippen LogP contribution in [0.2, 0.25) is 0 Å². The van der Waals surface area contributed by atoms with Crippen molar-refractivity contribution in [1.29, 1.82) is 0 Å². The van der Waals surface area contributed by atoms with Gasteiger partial charge < -0.3 is 14.8 Å². The van der Waals surface area contributed by atoms with Gasteiger partial charge in [0.1, 0.15) is 18.0 Å². The van der Waals surface area contributed by atoms with Gasteiger partial charge in [0.25, 0.3) is 5.91 Å². The van der Waals surface area contributed by atoms with E-state index in [0.29, 0.717) is 35.0 Å². The second kappa shape index (κ2) is 7.01. The molecular weight excluding hydrogens is 427 g/mol. The Morgan fingerprint density at radius 3 is 2.84 bits per heavy atom. The lowest BCUT2D eigenvalue weighted by molar-refractivity contribution is -0.137. The van der Waals surface area contributed by atoms with E-state index in [1.54, 1.807) is 16.9 Å². The Bertz CT molecular complexity index is 1180. The second-order valence-electron chi connectivity index (χ2n) is 8.52. The van der Waals surface area contributed by atoms with Crippen LogP contribution >= 0.6 is 0 Å². The molecule has 0 aliphatic carbocycles. The Balaban J connectivity index is 1.40. The number of nitrogens with zero attached hydrogens (tertiary/aromatic N) is 3. The molecule has 8 nitrogen and oxygen atoms in total. The number of hydrogen-bond donors (Lipinski definition) is 2. The standard InChI is InChI=1S/C21H20F3N5O3/c1-20(2)10-29-19(32-20)16(14-5-6-25-27-14)17(28-29)18(30)26-13-8-11-7-12(21(22,23)24)3-4-15(11)31-9-13/h3-7,13H,8-10H2,1-2H3,(H,25,27)(H,26,30)/t13-/m1/s1. The van der Waals surface area contributed by atoms with Crippen LogP contribution in [0.1, 0.15) is 35.5 Å². The van der Waals surface area contributed by atoms with Gasteiger partial charge in [-0.25, -0.2) is 4.68 Å². The molecule has 0 fully saturated rings. The van der Waals surface area contributed by atoms with Crippen molar-refractivity contribution in [1.82, 2.24) is 25.3 Å². The van der Waals surface area contributed by atoms with Gasteiger partial charge in [0.2, 0.25) is 5.88 Å². The van der Waals surface area contributed by atoms with E-state index in [-0.39, 0.29) is 18.7 Å². The number of aromatic amines is 1. The highest BCUT2D eigenvalue weighted by atomic mass is 19.4. The first-order valence-electron chi connectivity index (χ1n) is 10.0. The molecule has 32 heavy (non-hydrogen) atoms. The lowest BCUT2D eigenvalue weighted by Crippen LogP contribution is -2.43. The third-order valence-corrected chi connectivity index (χ3v) is 5.42. The number of carbonyl (C=O) groups excluding carboxylic acids is 1. The van der Waals surface area contributed by atoms with Crippen LogP contribution < -0.4 is 14.8 Å². The summed E-state index contributed by atoms with van der Waals surface area (Å²) >= 11 is 0. The van der Waals surface area contributed by atoms with E-state index in [1.807, 2.05) is 13.8 Å². The summed E-state index contributed by atoms with van der Waals surface area (Å²) in [4.78, 5) is 13.1. The fraction of sp³-hybridized carbons (Fsp3) is 0.381. The van der Waals surface area contributed by atoms with Crippen LogP contribution in [-0.4, -0.2) is 44.1 Å². The largest absolute Gasteiger partial charge is 0.491 e. The van der Waals surface area contributed by atoms with E-state index >= 15 is 0 Å². The Morgan fingerprint density at radius 2 is 2.12 bits per heavy atom. The molecule has 0 radical (unpaired) electrons. The van der Waals surface area contributed by atoms with Gasteiger partial charge in [-0.2, -0.15) is 23.4 Å². The minimum Gasteiger partial charge on any atom is -0.491 e. The van der Waals surface area contributed by atoms with Gasteiger partial charge in [-0.05, 0) is 50.1 Å². The molecule has 0 spiro atoms. The number of nitrogens with one attached hydrogen (secondary N) is 2. The number of fused-ring (bicyclic) bond motifs is 2. The summed E-state index contributed by atoms with van der Waals surface area (Å²) in [6.07, 6.45) is -2.68. The van der Waals surface area contributed by atoms with Gasteiger partial charge in [-0.3, -0.25) is 9.89 Å². The molecule has 2 aliphatic heterocycles. The van der Waals surface area contributed by atoms with Gasteiger partial charge in [0.15, 0.2) is 5.69 Å². The fourth-order valence-electron chi connectivity index (χ4n) is 4.03. The summed E-state index contributed by atoms with van der Waals surface area (Å²) in [5.41, 5.74) is 0.385. The molecule has 1 atom stereocenters. The summed E-state index contributed by atoms with van der Waals surface area (Å²) in [6, 6.07) is 4.56. The molecule has 4 heterocycles. The molecule has 5 rings (SSSR count). The molecule has 0 bridgehead atoms. The van der Waals surface area contributed by atoms with Crippen LogP contribution in [0.3, 0.4) is 0 Å². The minimum absolute atomic E-state index is 0.139. The van der Waals surface area contributed by atoms with Crippen LogP contribution in [0.5, 0.6) is 11.6 Å². The molecule has 2 N–H and O–H groups in total. The summed E-state index contributed by atoms with van der Waals surface area (Å²) in [5.74, 6) is 0.379. The smallest absolute Gasteiger partial charge is 0.416 e. The molecule has 2 aromatic heterocycles. The van der Waals surface area contributed by atoms with Crippen molar-refractivity contribution in [2.75, 3.05) is 6.61 Å². The number of halogens is 3. The third-order valence-electron chi connectivity index (χ3n) is 5.42. The predicted molar refractivity (Wildman–Crippen MR) is 106 cm³/mol. The normalized spacial score (nSPS) is 19.0. The first-order chi connectivity index (χ1) is 15.1. The number of rotatable bonds is 3. The Labute approximate surface area is 180 Å². The van der Waals surface area contributed by atoms with Crippen LogP contribution in [0.15, 0.2) is 30.5 Å². The number of alkyl halides is 3. The number of hydrogen-bond acceptors (Lipinski definition) is 5. The maximum absolute atomic E-state index is 13.1. The molecule has 0 saturated heterocycles. The molecular formula is C21H20F3N5O3. The van der Waals surface area contributed by atoms with Gasteiger partial charge in [-0.1, -0.05) is 0 Å². The topological polar surface area (TPSA) is 94.1 Å². The van der Waals surface area contributed by atoms with Crippen molar-refractivity contribution >= 4 is 5.91 Å². The molecule has 1 aromatic carbocycles. The SMILES string of the molecule is CC1(C)Cn2nc(C(=O)N[C@H]3COc4ccc(C(F)(F)F)cc4C3)c(-c3ccn[nH]3)c2O1. The summed E-state index contributed by atoms with van der Waals surface area (Å²) in [7, 11) is 0. The van der Waals surface area contributed by atoms with E-state index in [2.05, 4.69) is 20.6 Å². The predicted octanol–water partition coefficient (Wildman–Crippen LogP) is 3.20. The minimum atomic E-state index is -4.45. The number of benzene rings is 1. The first kappa shape index (κ1) is 20.4. The van der Waals surface area contributed by atoms with E-state index in [0.717, 1.165) is 12.1 Å². The highest BCUT2D eigenvalue weighted by molar-refractivity contribution is 6.00. The van der Waals surface area contributed by atoms with Crippen LogP contribution in [-0.2, 0) is 19.1 Å². The van der Waals surface area contributed by atoms with E-state index in [9.17, 15) is 18.0 Å². The zero-order valence-corrected chi connectivity index (χ0v) is 17.3. The Kier molecular flexibility index (Phi) is 4.47. The van der Waals surface area contributed by atoms with Gasteiger partial charge >= 0.3 is 6.18 Å². The molecule has 11 heteroatoms. The molecule has 0 unspecified atom stereocenters. The maximum atomic E-state index is 13.1. The van der Waals surface area contributed by atoms with Crippen molar-refractivity contribution in [2.24, 2.45) is 0 Å². The molecule has 168 valence electrons. The van der Waals surface area contributed by atoms with E-state index in [1.165, 1.54) is 6.07 Å². The summed E-state index contributed by atoms with van der Waals surface area (Å²) < 4.78 is 52.4. The van der Waals surface area contributed by atoms with E-state index < -0.39 is 29.3 Å². The highest BCUT2D eigenvalue weighted by Crippen LogP contribution is 2.40. The second-order valence-corrected chi connectivity index (χ2v) is 8.52. The number of ether oxygens (including phenoxy) is 2. The number of carbonyl (C=O) groups is 1.